The van der Waals surface area contributed by atoms with Crippen molar-refractivity contribution in [1.82, 2.24) is 13.5 Å². The van der Waals surface area contributed by atoms with Crippen LogP contribution in [-0.2, 0) is 0 Å². The van der Waals surface area contributed by atoms with Gasteiger partial charge in [0, 0.05) is 54.5 Å². The predicted octanol–water partition coefficient (Wildman–Crippen LogP) is 11.0. The van der Waals surface area contributed by atoms with E-state index in [-0.39, 0.29) is 0 Å². The van der Waals surface area contributed by atoms with Crippen LogP contribution >= 0.6 is 0 Å². The zero-order valence-electron chi connectivity index (χ0n) is 24.3. The van der Waals surface area contributed by atoms with Gasteiger partial charge in [0.15, 0.2) is 0 Å². The van der Waals surface area contributed by atoms with Gasteiger partial charge in [-0.1, -0.05) is 91.0 Å². The molecule has 3 nitrogen and oxygen atoms in total. The van der Waals surface area contributed by atoms with Crippen LogP contribution < -0.4 is 0 Å². The molecule has 0 aliphatic rings. The maximum Gasteiger partial charge on any atom is 0.0622 e. The first-order valence-electron chi connectivity index (χ1n) is 15.5. The summed E-state index contributed by atoms with van der Waals surface area (Å²) in [5, 5.41) is 10.3. The highest BCUT2D eigenvalue weighted by Gasteiger charge is 2.23. The van der Waals surface area contributed by atoms with Gasteiger partial charge in [-0.05, 0) is 60.7 Å². The second kappa shape index (κ2) is 8.31. The number of hydrogen-bond donors (Lipinski definition) is 0. The van der Waals surface area contributed by atoms with Crippen molar-refractivity contribution in [3.05, 3.63) is 152 Å². The lowest BCUT2D eigenvalue weighted by Crippen LogP contribution is -1.95. The number of benzene rings is 7. The molecule has 0 spiro atoms. The van der Waals surface area contributed by atoms with Crippen molar-refractivity contribution < 1.29 is 0 Å². The summed E-state index contributed by atoms with van der Waals surface area (Å²) in [5.41, 5.74) is 11.1. The SMILES string of the molecule is c1ccc(-n2c3ccccc3c3c4c5ccccc5n(-c5cc6c7ccccc7n7c8ccccc8c(c5)c67)c4ccc32)cc1. The van der Waals surface area contributed by atoms with Crippen molar-refractivity contribution in [2.45, 2.75) is 0 Å². The fourth-order valence-electron chi connectivity index (χ4n) is 8.21. The molecule has 0 N–H and O–H groups in total. The molecule has 0 radical (unpaired) electrons. The van der Waals surface area contributed by atoms with E-state index in [9.17, 15) is 0 Å². The Morgan fingerprint density at radius 2 is 0.711 bits per heavy atom. The normalized spacial score (nSPS) is 12.4. The maximum absolute atomic E-state index is 2.49. The van der Waals surface area contributed by atoms with Gasteiger partial charge >= 0.3 is 0 Å². The molecule has 0 saturated carbocycles. The molecule has 3 heteroatoms. The minimum atomic E-state index is 1.18. The predicted molar refractivity (Wildman–Crippen MR) is 190 cm³/mol. The molecule has 0 aliphatic heterocycles. The van der Waals surface area contributed by atoms with Crippen LogP contribution in [0.5, 0.6) is 0 Å². The van der Waals surface area contributed by atoms with Crippen LogP contribution in [0.25, 0.3) is 93.1 Å². The second-order valence-electron chi connectivity index (χ2n) is 12.2. The van der Waals surface area contributed by atoms with Gasteiger partial charge in [-0.15, -0.1) is 0 Å². The Bertz CT molecular complexity index is 2890. The highest BCUT2D eigenvalue weighted by Crippen LogP contribution is 2.45. The molecule has 4 heterocycles. The van der Waals surface area contributed by atoms with Crippen molar-refractivity contribution in [3.8, 4) is 11.4 Å². The number of nitrogens with zero attached hydrogens (tertiary/aromatic N) is 3. The van der Waals surface area contributed by atoms with Crippen LogP contribution in [0.4, 0.5) is 0 Å². The molecule has 0 atom stereocenters. The smallest absolute Gasteiger partial charge is 0.0622 e. The van der Waals surface area contributed by atoms with Crippen LogP contribution in [0, 0.1) is 0 Å². The van der Waals surface area contributed by atoms with E-state index in [1.165, 1.54) is 93.1 Å². The van der Waals surface area contributed by atoms with Gasteiger partial charge in [-0.2, -0.15) is 0 Å². The molecule has 0 saturated heterocycles. The van der Waals surface area contributed by atoms with Crippen molar-refractivity contribution in [3.63, 3.8) is 0 Å². The lowest BCUT2D eigenvalue weighted by molar-refractivity contribution is 1.17. The monoisotopic (exact) mass is 571 g/mol. The third kappa shape index (κ3) is 2.86. The first-order chi connectivity index (χ1) is 22.4. The largest absolute Gasteiger partial charge is 0.309 e. The molecule has 0 aliphatic carbocycles. The van der Waals surface area contributed by atoms with Crippen LogP contribution in [0.2, 0.25) is 0 Å². The zero-order chi connectivity index (χ0) is 29.2. The Hall–Kier alpha value is -6.06. The molecule has 7 aromatic carbocycles. The lowest BCUT2D eigenvalue weighted by Gasteiger charge is -2.10. The Balaban J connectivity index is 1.33. The van der Waals surface area contributed by atoms with E-state index in [1.54, 1.807) is 0 Å². The Labute approximate surface area is 257 Å². The zero-order valence-corrected chi connectivity index (χ0v) is 24.3. The van der Waals surface area contributed by atoms with Crippen LogP contribution in [0.1, 0.15) is 0 Å². The van der Waals surface area contributed by atoms with Crippen LogP contribution in [0.15, 0.2) is 152 Å². The Morgan fingerprint density at radius 1 is 0.289 bits per heavy atom. The van der Waals surface area contributed by atoms with Gasteiger partial charge in [0.2, 0.25) is 0 Å². The van der Waals surface area contributed by atoms with E-state index in [4.69, 9.17) is 0 Å². The summed E-state index contributed by atoms with van der Waals surface area (Å²) in [6, 6.07) is 55.6. The van der Waals surface area contributed by atoms with Crippen molar-refractivity contribution >= 4 is 81.7 Å². The molecule has 11 rings (SSSR count). The molecule has 0 amide bonds. The third-order valence-corrected chi connectivity index (χ3v) is 9.93. The van der Waals surface area contributed by atoms with Crippen molar-refractivity contribution in [2.75, 3.05) is 0 Å². The minimum absolute atomic E-state index is 1.18. The van der Waals surface area contributed by atoms with Crippen molar-refractivity contribution in [1.29, 1.82) is 0 Å². The molecular weight excluding hydrogens is 546 g/mol. The molecule has 11 aromatic rings. The highest BCUT2D eigenvalue weighted by atomic mass is 15.0. The standard InChI is InChI=1S/C42H25N3/c1-2-12-26(13-3-1)43-36-20-10-6-16-30(36)40-38(43)22-23-39-41(40)31-17-7-11-21-37(31)44(39)27-24-32-28-14-4-8-18-34(28)45-35-19-9-5-15-29(35)33(25-27)42(32)45/h1-25H. The fourth-order valence-corrected chi connectivity index (χ4v) is 8.21. The molecule has 0 fully saturated rings. The summed E-state index contributed by atoms with van der Waals surface area (Å²) >= 11 is 0. The molecule has 0 unspecified atom stereocenters. The highest BCUT2D eigenvalue weighted by molar-refractivity contribution is 6.29. The molecule has 0 bridgehead atoms. The molecular formula is C42H25N3. The van der Waals surface area contributed by atoms with Gasteiger partial charge in [0.1, 0.15) is 0 Å². The van der Waals surface area contributed by atoms with Gasteiger partial charge in [0.05, 0.1) is 38.6 Å². The summed E-state index contributed by atoms with van der Waals surface area (Å²) in [7, 11) is 0. The fraction of sp³-hybridized carbons (Fsp3) is 0. The lowest BCUT2D eigenvalue weighted by atomic mass is 10.1. The first-order valence-corrected chi connectivity index (χ1v) is 15.5. The number of hydrogen-bond acceptors (Lipinski definition) is 0. The van der Waals surface area contributed by atoms with E-state index in [0.29, 0.717) is 0 Å². The maximum atomic E-state index is 2.49. The number of rotatable bonds is 2. The minimum Gasteiger partial charge on any atom is -0.309 e. The summed E-state index contributed by atoms with van der Waals surface area (Å²) in [6.07, 6.45) is 0. The van der Waals surface area contributed by atoms with E-state index in [1.807, 2.05) is 0 Å². The van der Waals surface area contributed by atoms with Gasteiger partial charge in [-0.25, -0.2) is 0 Å². The molecule has 45 heavy (non-hydrogen) atoms. The quantitative estimate of drug-likeness (QED) is 0.196. The van der Waals surface area contributed by atoms with E-state index < -0.39 is 0 Å². The summed E-state index contributed by atoms with van der Waals surface area (Å²) in [5.74, 6) is 0. The molecule has 4 aromatic heterocycles. The van der Waals surface area contributed by atoms with Gasteiger partial charge in [0.25, 0.3) is 0 Å². The molecule has 208 valence electrons. The number of fused-ring (bicyclic) bond motifs is 13. The third-order valence-electron chi connectivity index (χ3n) is 9.93. The first kappa shape index (κ1) is 23.4. The Kier molecular flexibility index (Phi) is 4.32. The van der Waals surface area contributed by atoms with E-state index in [0.717, 1.165) is 0 Å². The van der Waals surface area contributed by atoms with Gasteiger partial charge in [-0.3, -0.25) is 0 Å². The number of aromatic nitrogens is 3. The average molecular weight is 572 g/mol. The van der Waals surface area contributed by atoms with Crippen LogP contribution in [0.3, 0.4) is 0 Å². The van der Waals surface area contributed by atoms with E-state index >= 15 is 0 Å². The average Bonchev–Trinajstić information content (AvgIpc) is 3.82. The second-order valence-corrected chi connectivity index (χ2v) is 12.2. The topological polar surface area (TPSA) is 14.3 Å². The summed E-state index contributed by atoms with van der Waals surface area (Å²) < 4.78 is 7.35. The van der Waals surface area contributed by atoms with Crippen molar-refractivity contribution in [2.24, 2.45) is 0 Å². The number of para-hydroxylation sites is 5. The van der Waals surface area contributed by atoms with Gasteiger partial charge < -0.3 is 13.5 Å². The summed E-state index contributed by atoms with van der Waals surface area (Å²) in [4.78, 5) is 0. The summed E-state index contributed by atoms with van der Waals surface area (Å²) in [6.45, 7) is 0. The van der Waals surface area contributed by atoms with E-state index in [2.05, 4.69) is 165 Å². The Morgan fingerprint density at radius 3 is 1.24 bits per heavy atom. The van der Waals surface area contributed by atoms with Crippen LogP contribution in [-0.4, -0.2) is 13.5 Å².